The van der Waals surface area contributed by atoms with E-state index in [1.807, 2.05) is 0 Å². The third-order valence-electron chi connectivity index (χ3n) is 0.785. The van der Waals surface area contributed by atoms with Gasteiger partial charge < -0.3 is 0 Å². The van der Waals surface area contributed by atoms with Crippen molar-refractivity contribution in [2.75, 3.05) is 0 Å². The van der Waals surface area contributed by atoms with Gasteiger partial charge >= 0.3 is 0 Å². The van der Waals surface area contributed by atoms with E-state index in [1.165, 1.54) is 5.56 Å². The van der Waals surface area contributed by atoms with Gasteiger partial charge in [-0.2, -0.15) is 0 Å². The van der Waals surface area contributed by atoms with Crippen LogP contribution in [0.2, 0.25) is 0 Å². The Kier molecular flexibility index (Phi) is 1.15. The number of thiophene rings is 1. The van der Waals surface area contributed by atoms with Crippen LogP contribution in [0.3, 0.4) is 0 Å². The van der Waals surface area contributed by atoms with Crippen molar-refractivity contribution in [3.8, 4) is 0 Å². The van der Waals surface area contributed by atoms with Gasteiger partial charge in [-0.3, -0.25) is 0 Å². The summed E-state index contributed by atoms with van der Waals surface area (Å²) in [7, 11) is 0. The molecule has 0 amide bonds. The first-order valence-electron chi connectivity index (χ1n) is 2.16. The largest absolute Gasteiger partial charge is 0.149 e. The van der Waals surface area contributed by atoms with Crippen LogP contribution in [0, 0.1) is 13.8 Å². The van der Waals surface area contributed by atoms with Crippen LogP contribution in [0.15, 0.2) is 11.4 Å². The fraction of sp³-hybridized carbons (Fsp3) is 0.167. The topological polar surface area (TPSA) is 0 Å². The Morgan fingerprint density at radius 3 is 2.57 bits per heavy atom. The molecule has 1 rings (SSSR count). The first kappa shape index (κ1) is 4.85. The minimum atomic E-state index is 1.15. The van der Waals surface area contributed by atoms with Crippen LogP contribution in [0.4, 0.5) is 0 Å². The molecule has 1 aromatic heterocycles. The average Bonchev–Trinajstić information content (AvgIpc) is 1.87. The highest BCUT2D eigenvalue weighted by molar-refractivity contribution is 7.10. The Morgan fingerprint density at radius 2 is 2.43 bits per heavy atom. The molecule has 1 heterocycles. The lowest BCUT2D eigenvalue weighted by Crippen LogP contribution is -1.53. The summed E-state index contributed by atoms with van der Waals surface area (Å²) in [5.74, 6) is 0. The third-order valence-corrected chi connectivity index (χ3v) is 1.70. The van der Waals surface area contributed by atoms with Crippen LogP contribution >= 0.6 is 11.3 Å². The van der Waals surface area contributed by atoms with Crippen LogP contribution < -0.4 is 0 Å². The van der Waals surface area contributed by atoms with E-state index in [-0.39, 0.29) is 0 Å². The van der Waals surface area contributed by atoms with E-state index < -0.39 is 0 Å². The van der Waals surface area contributed by atoms with Gasteiger partial charge in [-0.25, -0.2) is 0 Å². The second-order valence-electron chi connectivity index (χ2n) is 1.59. The second kappa shape index (κ2) is 1.66. The summed E-state index contributed by atoms with van der Waals surface area (Å²) in [6.07, 6.45) is 0. The minimum absolute atomic E-state index is 1.15. The number of hydrogen-bond donors (Lipinski definition) is 0. The molecule has 0 aromatic carbocycles. The van der Waals surface area contributed by atoms with E-state index in [4.69, 9.17) is 0 Å². The van der Waals surface area contributed by atoms with Crippen molar-refractivity contribution >= 4 is 11.3 Å². The molecule has 0 aliphatic rings. The molecule has 37 valence electrons. The zero-order valence-electron chi connectivity index (χ0n) is 4.27. The van der Waals surface area contributed by atoms with Crippen LogP contribution in [0.5, 0.6) is 0 Å². The summed E-state index contributed by atoms with van der Waals surface area (Å²) in [6, 6.07) is 2.07. The van der Waals surface area contributed by atoms with Crippen LogP contribution in [0.25, 0.3) is 0 Å². The SMILES string of the molecule is [CH2]c1cc(C)cs1. The Morgan fingerprint density at radius 1 is 1.71 bits per heavy atom. The first-order valence-corrected chi connectivity index (χ1v) is 3.04. The fourth-order valence-corrected chi connectivity index (χ4v) is 1.15. The molecule has 1 radical (unpaired) electrons. The standard InChI is InChI=1S/C6H7S/c1-5-3-6(2)7-4-5/h3-4H,2H2,1H3. The van der Waals surface area contributed by atoms with Crippen molar-refractivity contribution in [2.24, 2.45) is 0 Å². The molecule has 0 N–H and O–H groups in total. The van der Waals surface area contributed by atoms with Gasteiger partial charge in [0.2, 0.25) is 0 Å². The molecule has 0 nitrogen and oxygen atoms in total. The maximum absolute atomic E-state index is 3.76. The summed E-state index contributed by atoms with van der Waals surface area (Å²) in [5.41, 5.74) is 1.31. The highest BCUT2D eigenvalue weighted by Crippen LogP contribution is 2.10. The van der Waals surface area contributed by atoms with Gasteiger partial charge in [0.1, 0.15) is 0 Å². The third kappa shape index (κ3) is 1.03. The molecule has 0 bridgehead atoms. The van der Waals surface area contributed by atoms with Crippen molar-refractivity contribution in [1.82, 2.24) is 0 Å². The lowest BCUT2D eigenvalue weighted by Gasteiger charge is -1.70. The molecule has 0 saturated carbocycles. The quantitative estimate of drug-likeness (QED) is 0.481. The Labute approximate surface area is 47.8 Å². The molecule has 0 unspecified atom stereocenters. The van der Waals surface area contributed by atoms with Gasteiger partial charge in [-0.15, -0.1) is 11.3 Å². The zero-order valence-corrected chi connectivity index (χ0v) is 5.09. The van der Waals surface area contributed by atoms with Crippen molar-refractivity contribution in [1.29, 1.82) is 0 Å². The summed E-state index contributed by atoms with van der Waals surface area (Å²) < 4.78 is 0. The predicted molar refractivity (Wildman–Crippen MR) is 33.5 cm³/mol. The zero-order chi connectivity index (χ0) is 5.28. The summed E-state index contributed by atoms with van der Waals surface area (Å²) >= 11 is 1.69. The van der Waals surface area contributed by atoms with E-state index in [0.717, 1.165) is 4.88 Å². The van der Waals surface area contributed by atoms with E-state index in [1.54, 1.807) is 11.3 Å². The number of aryl methyl sites for hydroxylation is 1. The molecule has 0 spiro atoms. The van der Waals surface area contributed by atoms with Gasteiger partial charge in [-0.1, -0.05) is 0 Å². The highest BCUT2D eigenvalue weighted by atomic mass is 32.1. The van der Waals surface area contributed by atoms with Gasteiger partial charge in [0.25, 0.3) is 0 Å². The first-order chi connectivity index (χ1) is 3.29. The van der Waals surface area contributed by atoms with E-state index in [9.17, 15) is 0 Å². The van der Waals surface area contributed by atoms with Crippen LogP contribution in [-0.2, 0) is 0 Å². The van der Waals surface area contributed by atoms with Gasteiger partial charge in [0.05, 0.1) is 0 Å². The lowest BCUT2D eigenvalue weighted by atomic mass is 10.4. The van der Waals surface area contributed by atoms with Gasteiger partial charge in [0, 0.05) is 4.88 Å². The molecule has 0 atom stereocenters. The average molecular weight is 111 g/mol. The fourth-order valence-electron chi connectivity index (χ4n) is 0.491. The van der Waals surface area contributed by atoms with E-state index in [2.05, 4.69) is 25.3 Å². The number of hydrogen-bond acceptors (Lipinski definition) is 1. The second-order valence-corrected chi connectivity index (χ2v) is 2.59. The monoisotopic (exact) mass is 111 g/mol. The van der Waals surface area contributed by atoms with Crippen molar-refractivity contribution in [2.45, 2.75) is 6.92 Å². The molecule has 0 aliphatic carbocycles. The molecule has 0 saturated heterocycles. The predicted octanol–water partition coefficient (Wildman–Crippen LogP) is 2.24. The Bertz CT molecular complexity index is 136. The molecule has 0 fully saturated rings. The summed E-state index contributed by atoms with van der Waals surface area (Å²) in [4.78, 5) is 1.15. The molecule has 7 heavy (non-hydrogen) atoms. The van der Waals surface area contributed by atoms with E-state index >= 15 is 0 Å². The van der Waals surface area contributed by atoms with Crippen molar-refractivity contribution in [3.05, 3.63) is 28.8 Å². The van der Waals surface area contributed by atoms with Crippen LogP contribution in [0.1, 0.15) is 10.4 Å². The number of rotatable bonds is 0. The van der Waals surface area contributed by atoms with Crippen molar-refractivity contribution in [3.63, 3.8) is 0 Å². The Hall–Kier alpha value is -0.300. The molecular formula is C6H7S. The minimum Gasteiger partial charge on any atom is -0.149 e. The molecule has 1 heteroatoms. The highest BCUT2D eigenvalue weighted by Gasteiger charge is 1.84. The maximum Gasteiger partial charge on any atom is 0.00515 e. The van der Waals surface area contributed by atoms with Crippen molar-refractivity contribution < 1.29 is 0 Å². The van der Waals surface area contributed by atoms with E-state index in [0.29, 0.717) is 0 Å². The Balaban J connectivity index is 3.04. The van der Waals surface area contributed by atoms with Gasteiger partial charge in [0.15, 0.2) is 0 Å². The summed E-state index contributed by atoms with van der Waals surface area (Å²) in [5, 5.41) is 2.10. The summed E-state index contributed by atoms with van der Waals surface area (Å²) in [6.45, 7) is 5.83. The lowest BCUT2D eigenvalue weighted by molar-refractivity contribution is 1.55. The van der Waals surface area contributed by atoms with Crippen LogP contribution in [-0.4, -0.2) is 0 Å². The molecule has 1 aromatic rings. The molecular weight excluding hydrogens is 104 g/mol. The molecule has 0 aliphatic heterocycles. The van der Waals surface area contributed by atoms with Gasteiger partial charge in [-0.05, 0) is 30.9 Å². The maximum atomic E-state index is 3.76. The normalized spacial score (nSPS) is 9.43. The smallest absolute Gasteiger partial charge is 0.00515 e.